The zero-order chi connectivity index (χ0) is 16.2. The summed E-state index contributed by atoms with van der Waals surface area (Å²) in [5.41, 5.74) is 0.221. The van der Waals surface area contributed by atoms with Crippen LogP contribution < -0.4 is 4.72 Å². The fraction of sp³-hybridized carbons (Fsp3) is 0.133. The van der Waals surface area contributed by atoms with E-state index in [0.29, 0.717) is 0 Å². The fourth-order valence-corrected chi connectivity index (χ4v) is 3.11. The summed E-state index contributed by atoms with van der Waals surface area (Å²) in [6.07, 6.45) is 0. The van der Waals surface area contributed by atoms with Crippen LogP contribution in [0.2, 0.25) is 0 Å². The molecule has 7 heteroatoms. The van der Waals surface area contributed by atoms with Crippen LogP contribution >= 0.6 is 0 Å². The molecule has 1 N–H and O–H groups in total. The zero-order valence-corrected chi connectivity index (χ0v) is 12.6. The highest BCUT2D eigenvalue weighted by Crippen LogP contribution is 2.19. The van der Waals surface area contributed by atoms with E-state index < -0.39 is 27.6 Å². The molecule has 0 saturated carbocycles. The summed E-state index contributed by atoms with van der Waals surface area (Å²) >= 11 is 0. The summed E-state index contributed by atoms with van der Waals surface area (Å²) in [5, 5.41) is 0. The van der Waals surface area contributed by atoms with E-state index in [1.54, 1.807) is 18.2 Å². The lowest BCUT2D eigenvalue weighted by Crippen LogP contribution is -2.18. The first-order chi connectivity index (χ1) is 10.4. The van der Waals surface area contributed by atoms with Crippen molar-refractivity contribution in [1.82, 2.24) is 0 Å². The molecule has 22 heavy (non-hydrogen) atoms. The van der Waals surface area contributed by atoms with Crippen LogP contribution in [0.5, 0.6) is 0 Å². The molecule has 0 aliphatic heterocycles. The fourth-order valence-electron chi connectivity index (χ4n) is 1.88. The second-order valence-corrected chi connectivity index (χ2v) is 6.21. The Balaban J connectivity index is 2.27. The third-order valence-electron chi connectivity index (χ3n) is 2.90. The largest absolute Gasteiger partial charge is 0.465 e. The van der Waals surface area contributed by atoms with Crippen LogP contribution in [0.3, 0.4) is 0 Å². The third kappa shape index (κ3) is 3.82. The molecule has 0 amide bonds. The highest BCUT2D eigenvalue weighted by atomic mass is 32.2. The Morgan fingerprint density at radius 3 is 2.45 bits per heavy atom. The number of nitrogens with one attached hydrogen (secondary N) is 1. The maximum atomic E-state index is 13.6. The summed E-state index contributed by atoms with van der Waals surface area (Å²) in [5.74, 6) is -1.80. The van der Waals surface area contributed by atoms with E-state index in [2.05, 4.69) is 9.46 Å². The van der Waals surface area contributed by atoms with E-state index in [0.717, 1.165) is 0 Å². The van der Waals surface area contributed by atoms with Crippen LogP contribution in [-0.2, 0) is 20.5 Å². The van der Waals surface area contributed by atoms with Gasteiger partial charge < -0.3 is 4.74 Å². The third-order valence-corrected chi connectivity index (χ3v) is 4.12. The van der Waals surface area contributed by atoms with Crippen LogP contribution in [0.4, 0.5) is 10.1 Å². The van der Waals surface area contributed by atoms with Crippen molar-refractivity contribution >= 4 is 21.7 Å². The number of benzene rings is 2. The standard InChI is InChI=1S/C15H14FNO4S/c1-21-15(18)12-7-3-5-9-14(12)17-22(19,20)10-11-6-2-4-8-13(11)16/h2-9,17H,10H2,1H3. The minimum Gasteiger partial charge on any atom is -0.465 e. The molecule has 0 atom stereocenters. The average Bonchev–Trinajstić information content (AvgIpc) is 2.49. The molecule has 116 valence electrons. The molecule has 5 nitrogen and oxygen atoms in total. The number of para-hydroxylation sites is 1. The van der Waals surface area contributed by atoms with Gasteiger partial charge in [0, 0.05) is 5.56 Å². The summed E-state index contributed by atoms with van der Waals surface area (Å²) in [6, 6.07) is 11.6. The Kier molecular flexibility index (Phi) is 4.77. The molecule has 0 heterocycles. The molecule has 0 bridgehead atoms. The maximum Gasteiger partial charge on any atom is 0.339 e. The predicted octanol–water partition coefficient (Wildman–Crippen LogP) is 2.55. The van der Waals surface area contributed by atoms with E-state index in [1.807, 2.05) is 0 Å². The topological polar surface area (TPSA) is 72.5 Å². The van der Waals surface area contributed by atoms with Crippen molar-refractivity contribution in [2.45, 2.75) is 5.75 Å². The Hall–Kier alpha value is -2.41. The van der Waals surface area contributed by atoms with Gasteiger partial charge in [-0.25, -0.2) is 17.6 Å². The quantitative estimate of drug-likeness (QED) is 0.858. The first-order valence-electron chi connectivity index (χ1n) is 6.34. The highest BCUT2D eigenvalue weighted by molar-refractivity contribution is 7.91. The number of halogens is 1. The van der Waals surface area contributed by atoms with Gasteiger partial charge in [-0.2, -0.15) is 0 Å². The number of sulfonamides is 1. The predicted molar refractivity (Wildman–Crippen MR) is 80.4 cm³/mol. The lowest BCUT2D eigenvalue weighted by atomic mass is 10.2. The summed E-state index contributed by atoms with van der Waals surface area (Å²) in [7, 11) is -2.67. The number of carbonyl (C=O) groups excluding carboxylic acids is 1. The van der Waals surface area contributed by atoms with Gasteiger partial charge in [-0.15, -0.1) is 0 Å². The zero-order valence-electron chi connectivity index (χ0n) is 11.7. The maximum absolute atomic E-state index is 13.6. The molecule has 2 aromatic carbocycles. The van der Waals surface area contributed by atoms with E-state index in [9.17, 15) is 17.6 Å². The number of ether oxygens (including phenoxy) is 1. The molecule has 0 aliphatic rings. The summed E-state index contributed by atoms with van der Waals surface area (Å²) in [4.78, 5) is 11.6. The van der Waals surface area contributed by atoms with Crippen molar-refractivity contribution in [3.05, 3.63) is 65.5 Å². The first-order valence-corrected chi connectivity index (χ1v) is 7.99. The van der Waals surface area contributed by atoms with Crippen LogP contribution in [-0.4, -0.2) is 21.5 Å². The second kappa shape index (κ2) is 6.57. The van der Waals surface area contributed by atoms with Gasteiger partial charge in [-0.3, -0.25) is 4.72 Å². The molecule has 2 rings (SSSR count). The van der Waals surface area contributed by atoms with Crippen LogP contribution in [0.1, 0.15) is 15.9 Å². The Bertz CT molecular complexity index is 790. The minimum atomic E-state index is -3.87. The van der Waals surface area contributed by atoms with E-state index >= 15 is 0 Å². The second-order valence-electron chi connectivity index (χ2n) is 4.49. The van der Waals surface area contributed by atoms with Gasteiger partial charge in [0.2, 0.25) is 10.0 Å². The average molecular weight is 323 g/mol. The summed E-state index contributed by atoms with van der Waals surface area (Å²) in [6.45, 7) is 0. The van der Waals surface area contributed by atoms with Crippen molar-refractivity contribution in [3.8, 4) is 0 Å². The molecule has 2 aromatic rings. The smallest absolute Gasteiger partial charge is 0.339 e. The number of carbonyl (C=O) groups is 1. The molecule has 0 aliphatic carbocycles. The SMILES string of the molecule is COC(=O)c1ccccc1NS(=O)(=O)Cc1ccccc1F. The van der Waals surface area contributed by atoms with Gasteiger partial charge in [-0.05, 0) is 18.2 Å². The number of hydrogen-bond donors (Lipinski definition) is 1. The van der Waals surface area contributed by atoms with E-state index in [1.165, 1.54) is 37.4 Å². The minimum absolute atomic E-state index is 0.0468. The first kappa shape index (κ1) is 16.0. The lowest BCUT2D eigenvalue weighted by molar-refractivity contribution is 0.0602. The molecule has 0 aromatic heterocycles. The van der Waals surface area contributed by atoms with Crippen molar-refractivity contribution < 1.29 is 22.3 Å². The molecular formula is C15H14FNO4S. The number of anilines is 1. The van der Waals surface area contributed by atoms with Gasteiger partial charge in [0.05, 0.1) is 24.1 Å². The van der Waals surface area contributed by atoms with Crippen molar-refractivity contribution in [2.24, 2.45) is 0 Å². The number of esters is 1. The van der Waals surface area contributed by atoms with Gasteiger partial charge in [0.15, 0.2) is 0 Å². The lowest BCUT2D eigenvalue weighted by Gasteiger charge is -2.11. The summed E-state index contributed by atoms with van der Waals surface area (Å²) < 4.78 is 44.7. The molecule has 0 saturated heterocycles. The van der Waals surface area contributed by atoms with Crippen LogP contribution in [0, 0.1) is 5.82 Å². The number of methoxy groups -OCH3 is 1. The monoisotopic (exact) mass is 323 g/mol. The Morgan fingerprint density at radius 1 is 1.14 bits per heavy atom. The van der Waals surface area contributed by atoms with Crippen molar-refractivity contribution in [1.29, 1.82) is 0 Å². The highest BCUT2D eigenvalue weighted by Gasteiger charge is 2.18. The van der Waals surface area contributed by atoms with Gasteiger partial charge in [0.1, 0.15) is 5.82 Å². The van der Waals surface area contributed by atoms with Crippen LogP contribution in [0.25, 0.3) is 0 Å². The molecule has 0 fully saturated rings. The molecule has 0 unspecified atom stereocenters. The van der Waals surface area contributed by atoms with Gasteiger partial charge in [-0.1, -0.05) is 30.3 Å². The van der Waals surface area contributed by atoms with Gasteiger partial charge >= 0.3 is 5.97 Å². The molecule has 0 spiro atoms. The Labute approximate surface area is 127 Å². The van der Waals surface area contributed by atoms with Crippen molar-refractivity contribution in [2.75, 3.05) is 11.8 Å². The number of rotatable bonds is 5. The van der Waals surface area contributed by atoms with Crippen molar-refractivity contribution in [3.63, 3.8) is 0 Å². The van der Waals surface area contributed by atoms with E-state index in [-0.39, 0.29) is 16.8 Å². The van der Waals surface area contributed by atoms with E-state index in [4.69, 9.17) is 0 Å². The molecular weight excluding hydrogens is 309 g/mol. The number of hydrogen-bond acceptors (Lipinski definition) is 4. The normalized spacial score (nSPS) is 11.0. The Morgan fingerprint density at radius 2 is 1.77 bits per heavy atom. The van der Waals surface area contributed by atoms with Crippen LogP contribution in [0.15, 0.2) is 48.5 Å². The molecule has 0 radical (unpaired) electrons. The van der Waals surface area contributed by atoms with Gasteiger partial charge in [0.25, 0.3) is 0 Å².